The summed E-state index contributed by atoms with van der Waals surface area (Å²) in [4.78, 5) is 11.3. The van der Waals surface area contributed by atoms with Crippen molar-refractivity contribution in [3.05, 3.63) is 34.4 Å². The highest BCUT2D eigenvalue weighted by molar-refractivity contribution is 5.73. The van der Waals surface area contributed by atoms with Gasteiger partial charge in [0, 0.05) is 11.1 Å². The zero-order valence-corrected chi connectivity index (χ0v) is 10.3. The van der Waals surface area contributed by atoms with Crippen molar-refractivity contribution >= 4 is 5.97 Å². The summed E-state index contributed by atoms with van der Waals surface area (Å²) in [6.45, 7) is 1.09. The predicted octanol–water partition coefficient (Wildman–Crippen LogP) is 2.09. The number of carbonyl (C=O) groups excluding carboxylic acids is 1. The third-order valence-corrected chi connectivity index (χ3v) is 2.58. The molecule has 1 rings (SSSR count). The van der Waals surface area contributed by atoms with Gasteiger partial charge in [-0.2, -0.15) is 5.26 Å². The molecule has 0 fully saturated rings. The van der Waals surface area contributed by atoms with Gasteiger partial charge in [-0.1, -0.05) is 6.07 Å². The minimum atomic E-state index is -2.88. The molecule has 0 saturated carbocycles. The van der Waals surface area contributed by atoms with E-state index in [9.17, 15) is 13.6 Å². The molecule has 4 nitrogen and oxygen atoms in total. The number of alkyl halides is 2. The van der Waals surface area contributed by atoms with Crippen LogP contribution in [0, 0.1) is 11.3 Å². The standard InChI is InChI=1S/C13H13F2NO3/c1-2-19-11(18)5-8-3-4-9(6-16)10(7-17)12(8)13(14)15/h3-4,13,17H,2,5,7H2,1H3. The number of halogens is 2. The molecule has 1 aromatic carbocycles. The highest BCUT2D eigenvalue weighted by Crippen LogP contribution is 2.29. The molecule has 1 aromatic rings. The van der Waals surface area contributed by atoms with Crippen molar-refractivity contribution in [2.24, 2.45) is 0 Å². The number of nitrogens with zero attached hydrogens (tertiary/aromatic N) is 1. The predicted molar refractivity (Wildman–Crippen MR) is 62.4 cm³/mol. The van der Waals surface area contributed by atoms with Crippen molar-refractivity contribution in [2.45, 2.75) is 26.4 Å². The summed E-state index contributed by atoms with van der Waals surface area (Å²) in [5.74, 6) is -0.627. The molecule has 0 saturated heterocycles. The first-order valence-corrected chi connectivity index (χ1v) is 5.64. The maximum Gasteiger partial charge on any atom is 0.310 e. The van der Waals surface area contributed by atoms with Gasteiger partial charge in [0.15, 0.2) is 0 Å². The Hall–Kier alpha value is -2.00. The average Bonchev–Trinajstić information content (AvgIpc) is 2.37. The lowest BCUT2D eigenvalue weighted by molar-refractivity contribution is -0.142. The Morgan fingerprint density at radius 3 is 2.68 bits per heavy atom. The van der Waals surface area contributed by atoms with Crippen LogP contribution in [-0.4, -0.2) is 17.7 Å². The van der Waals surface area contributed by atoms with Crippen LogP contribution in [0.25, 0.3) is 0 Å². The maximum absolute atomic E-state index is 13.1. The fourth-order valence-electron chi connectivity index (χ4n) is 1.78. The summed E-state index contributed by atoms with van der Waals surface area (Å²) in [7, 11) is 0. The maximum atomic E-state index is 13.1. The number of nitriles is 1. The van der Waals surface area contributed by atoms with E-state index in [2.05, 4.69) is 0 Å². The number of carbonyl (C=O) groups is 1. The second-order valence-corrected chi connectivity index (χ2v) is 3.72. The zero-order chi connectivity index (χ0) is 14.4. The molecule has 0 atom stereocenters. The number of ether oxygens (including phenoxy) is 1. The summed E-state index contributed by atoms with van der Waals surface area (Å²) < 4.78 is 30.8. The van der Waals surface area contributed by atoms with Crippen LogP contribution in [0.1, 0.15) is 35.6 Å². The third-order valence-electron chi connectivity index (χ3n) is 2.58. The summed E-state index contributed by atoms with van der Waals surface area (Å²) in [5, 5.41) is 18.0. The number of hydrogen-bond donors (Lipinski definition) is 1. The van der Waals surface area contributed by atoms with Crippen LogP contribution in [0.3, 0.4) is 0 Å². The third kappa shape index (κ3) is 3.48. The average molecular weight is 269 g/mol. The molecule has 0 aliphatic heterocycles. The number of hydrogen-bond acceptors (Lipinski definition) is 4. The van der Waals surface area contributed by atoms with Gasteiger partial charge in [0.2, 0.25) is 0 Å². The van der Waals surface area contributed by atoms with Gasteiger partial charge in [-0.3, -0.25) is 4.79 Å². The van der Waals surface area contributed by atoms with Crippen LogP contribution in [0.4, 0.5) is 8.78 Å². The first-order valence-electron chi connectivity index (χ1n) is 5.64. The van der Waals surface area contributed by atoms with E-state index in [1.165, 1.54) is 12.1 Å². The number of rotatable bonds is 5. The molecule has 6 heteroatoms. The number of aliphatic hydroxyl groups excluding tert-OH is 1. The molecule has 0 unspecified atom stereocenters. The number of esters is 1. The molecule has 0 heterocycles. The summed E-state index contributed by atoms with van der Waals surface area (Å²) in [5.41, 5.74) is -0.559. The van der Waals surface area contributed by atoms with E-state index in [0.29, 0.717) is 0 Å². The molecular weight excluding hydrogens is 256 g/mol. The molecule has 0 amide bonds. The second-order valence-electron chi connectivity index (χ2n) is 3.72. The molecule has 0 aromatic heterocycles. The van der Waals surface area contributed by atoms with Gasteiger partial charge in [-0.15, -0.1) is 0 Å². The van der Waals surface area contributed by atoms with Gasteiger partial charge < -0.3 is 9.84 Å². The molecule has 0 aliphatic rings. The van der Waals surface area contributed by atoms with E-state index < -0.39 is 24.6 Å². The van der Waals surface area contributed by atoms with Crippen LogP contribution in [-0.2, 0) is 22.6 Å². The minimum absolute atomic E-state index is 0.0228. The molecule has 19 heavy (non-hydrogen) atoms. The molecule has 0 aliphatic carbocycles. The minimum Gasteiger partial charge on any atom is -0.466 e. The van der Waals surface area contributed by atoms with Gasteiger partial charge in [0.05, 0.1) is 31.3 Å². The van der Waals surface area contributed by atoms with Crippen LogP contribution in [0.15, 0.2) is 12.1 Å². The monoisotopic (exact) mass is 269 g/mol. The Morgan fingerprint density at radius 2 is 2.21 bits per heavy atom. The van der Waals surface area contributed by atoms with E-state index in [0.717, 1.165) is 0 Å². The Bertz CT molecular complexity index is 509. The van der Waals surface area contributed by atoms with Crippen molar-refractivity contribution < 1.29 is 23.4 Å². The number of aliphatic hydroxyl groups is 1. The first-order chi connectivity index (χ1) is 9.04. The van der Waals surface area contributed by atoms with Crippen LogP contribution in [0.2, 0.25) is 0 Å². The van der Waals surface area contributed by atoms with Crippen molar-refractivity contribution in [1.82, 2.24) is 0 Å². The quantitative estimate of drug-likeness (QED) is 0.831. The van der Waals surface area contributed by atoms with Gasteiger partial charge in [0.25, 0.3) is 6.43 Å². The fraction of sp³-hybridized carbons (Fsp3) is 0.385. The second kappa shape index (κ2) is 6.81. The zero-order valence-electron chi connectivity index (χ0n) is 10.3. The lowest BCUT2D eigenvalue weighted by Gasteiger charge is -2.14. The Morgan fingerprint density at radius 1 is 1.53 bits per heavy atom. The van der Waals surface area contributed by atoms with Gasteiger partial charge in [0.1, 0.15) is 0 Å². The highest BCUT2D eigenvalue weighted by Gasteiger charge is 2.22. The summed E-state index contributed by atoms with van der Waals surface area (Å²) in [6.07, 6.45) is -3.19. The molecule has 0 spiro atoms. The Labute approximate surface area is 109 Å². The first kappa shape index (κ1) is 15.1. The SMILES string of the molecule is CCOC(=O)Cc1ccc(C#N)c(CO)c1C(F)F. The smallest absolute Gasteiger partial charge is 0.310 e. The summed E-state index contributed by atoms with van der Waals surface area (Å²) in [6, 6.07) is 4.34. The Balaban J connectivity index is 3.25. The largest absolute Gasteiger partial charge is 0.466 e. The van der Waals surface area contributed by atoms with Gasteiger partial charge in [-0.25, -0.2) is 8.78 Å². The van der Waals surface area contributed by atoms with E-state index >= 15 is 0 Å². The lowest BCUT2D eigenvalue weighted by Crippen LogP contribution is -2.12. The number of benzene rings is 1. The Kier molecular flexibility index (Phi) is 5.39. The van der Waals surface area contributed by atoms with Crippen molar-refractivity contribution in [1.29, 1.82) is 5.26 Å². The van der Waals surface area contributed by atoms with E-state index in [1.54, 1.807) is 13.0 Å². The summed E-state index contributed by atoms with van der Waals surface area (Å²) >= 11 is 0. The normalized spacial score (nSPS) is 10.3. The van der Waals surface area contributed by atoms with Crippen molar-refractivity contribution in [3.63, 3.8) is 0 Å². The molecule has 0 radical (unpaired) electrons. The van der Waals surface area contributed by atoms with Gasteiger partial charge in [-0.05, 0) is 18.6 Å². The topological polar surface area (TPSA) is 70.3 Å². The van der Waals surface area contributed by atoms with Crippen LogP contribution < -0.4 is 0 Å². The van der Waals surface area contributed by atoms with Crippen LogP contribution >= 0.6 is 0 Å². The van der Waals surface area contributed by atoms with E-state index in [4.69, 9.17) is 15.1 Å². The van der Waals surface area contributed by atoms with Crippen molar-refractivity contribution in [3.8, 4) is 6.07 Å². The van der Waals surface area contributed by atoms with E-state index in [-0.39, 0.29) is 29.7 Å². The lowest BCUT2D eigenvalue weighted by atomic mass is 9.95. The molecule has 102 valence electrons. The molecule has 1 N–H and O–H groups in total. The van der Waals surface area contributed by atoms with Crippen LogP contribution in [0.5, 0.6) is 0 Å². The van der Waals surface area contributed by atoms with Crippen molar-refractivity contribution in [2.75, 3.05) is 6.61 Å². The highest BCUT2D eigenvalue weighted by atomic mass is 19.3. The molecular formula is C13H13F2NO3. The molecule has 0 bridgehead atoms. The van der Waals surface area contributed by atoms with E-state index in [1.807, 2.05) is 0 Å². The van der Waals surface area contributed by atoms with Gasteiger partial charge >= 0.3 is 5.97 Å². The fourth-order valence-corrected chi connectivity index (χ4v) is 1.78.